The Kier molecular flexibility index (Phi) is 10.4. The lowest BCUT2D eigenvalue weighted by Gasteiger charge is -2.10. The highest BCUT2D eigenvalue weighted by atomic mass is 32.2. The van der Waals surface area contributed by atoms with Crippen molar-refractivity contribution in [1.29, 1.82) is 5.26 Å². The van der Waals surface area contributed by atoms with Gasteiger partial charge in [0.1, 0.15) is 11.5 Å². The highest BCUT2D eigenvalue weighted by Crippen LogP contribution is 2.31. The van der Waals surface area contributed by atoms with Gasteiger partial charge in [-0.3, -0.25) is 9.78 Å². The number of hydrogen-bond acceptors (Lipinski definition) is 6. The van der Waals surface area contributed by atoms with Gasteiger partial charge < -0.3 is 0 Å². The number of pyridine rings is 1. The fourth-order valence-corrected chi connectivity index (χ4v) is 6.57. The van der Waals surface area contributed by atoms with Crippen molar-refractivity contribution in [2.45, 2.75) is 31.4 Å². The van der Waals surface area contributed by atoms with Gasteiger partial charge in [-0.2, -0.15) is 46.3 Å². The summed E-state index contributed by atoms with van der Waals surface area (Å²) in [4.78, 5) is 13.7. The van der Waals surface area contributed by atoms with Crippen molar-refractivity contribution < 1.29 is 18.0 Å². The zero-order chi connectivity index (χ0) is 22.0. The molecule has 1 aromatic heterocycles. The maximum Gasteiger partial charge on any atom is 0.433 e. The van der Waals surface area contributed by atoms with Crippen LogP contribution in [0.5, 0.6) is 0 Å². The zero-order valence-corrected chi connectivity index (χ0v) is 18.9. The smallest absolute Gasteiger partial charge is 0.299 e. The third kappa shape index (κ3) is 8.82. The molecule has 164 valence electrons. The van der Waals surface area contributed by atoms with Crippen LogP contribution in [0.4, 0.5) is 13.2 Å². The minimum atomic E-state index is -4.39. The van der Waals surface area contributed by atoms with Crippen LogP contribution in [-0.4, -0.2) is 45.3 Å². The lowest BCUT2D eigenvalue weighted by atomic mass is 10.0. The standard InChI is InChI=1S/C11H10F3N3S.C5H8S.C4H6OS/c12-11(13,14)10-2-1-8(5-16-10)9-3-4-18(6-9)17-7-15;1-5-2-3-6-4-5;5-4-1-2-6-3-4/h1-2,5,9H,3-4,6H2;1-4H2;1-3H2. The van der Waals surface area contributed by atoms with Crippen molar-refractivity contribution >= 4 is 40.0 Å². The SMILES string of the molecule is C=C1CCSC1.N#CN=S1CCC(c2ccc(C(F)(F)F)nc2)C1.O=C1CCSC1. The van der Waals surface area contributed by atoms with Crippen LogP contribution < -0.4 is 0 Å². The molecule has 3 aliphatic heterocycles. The molecule has 0 N–H and O–H groups in total. The Balaban J connectivity index is 0.000000215. The average Bonchev–Trinajstić information content (AvgIpc) is 3.47. The van der Waals surface area contributed by atoms with Crippen molar-refractivity contribution in [1.82, 2.24) is 4.98 Å². The quantitative estimate of drug-likeness (QED) is 0.410. The summed E-state index contributed by atoms with van der Waals surface area (Å²) in [6.45, 7) is 3.83. The molecule has 4 heterocycles. The predicted molar refractivity (Wildman–Crippen MR) is 120 cm³/mol. The molecule has 4 nitrogen and oxygen atoms in total. The number of rotatable bonds is 1. The number of nitriles is 1. The van der Waals surface area contributed by atoms with E-state index < -0.39 is 11.9 Å². The Bertz CT molecular complexity index is 768. The molecule has 0 saturated carbocycles. The summed E-state index contributed by atoms with van der Waals surface area (Å²) in [7, 11) is -0.266. The summed E-state index contributed by atoms with van der Waals surface area (Å²) < 4.78 is 40.8. The van der Waals surface area contributed by atoms with Gasteiger partial charge in [-0.15, -0.1) is 0 Å². The Morgan fingerprint density at radius 1 is 1.23 bits per heavy atom. The van der Waals surface area contributed by atoms with Gasteiger partial charge >= 0.3 is 6.18 Å². The molecule has 30 heavy (non-hydrogen) atoms. The third-order valence-corrected chi connectivity index (χ3v) is 8.47. The van der Waals surface area contributed by atoms with E-state index in [1.807, 2.05) is 11.8 Å². The molecule has 1 aromatic rings. The van der Waals surface area contributed by atoms with Crippen LogP contribution in [0.15, 0.2) is 34.8 Å². The van der Waals surface area contributed by atoms with E-state index in [2.05, 4.69) is 15.9 Å². The largest absolute Gasteiger partial charge is 0.433 e. The molecule has 3 fully saturated rings. The molecule has 4 rings (SSSR count). The summed E-state index contributed by atoms with van der Waals surface area (Å²) in [5, 5.41) is 8.46. The maximum atomic E-state index is 12.3. The fraction of sp³-hybridized carbons (Fsp3) is 0.550. The van der Waals surface area contributed by atoms with Gasteiger partial charge in [0, 0.05) is 35.6 Å². The Labute approximate surface area is 186 Å². The molecular formula is C20H24F3N3OS3. The van der Waals surface area contributed by atoms with Gasteiger partial charge in [0.15, 0.2) is 0 Å². The van der Waals surface area contributed by atoms with Crippen molar-refractivity contribution in [3.8, 4) is 6.19 Å². The van der Waals surface area contributed by atoms with E-state index in [1.165, 1.54) is 35.8 Å². The summed E-state index contributed by atoms with van der Waals surface area (Å²) >= 11 is 3.72. The van der Waals surface area contributed by atoms with Crippen LogP contribution in [0.25, 0.3) is 0 Å². The highest BCUT2D eigenvalue weighted by molar-refractivity contribution is 8.00. The summed E-state index contributed by atoms with van der Waals surface area (Å²) in [5.41, 5.74) is 1.34. The first-order valence-electron chi connectivity index (χ1n) is 9.44. The van der Waals surface area contributed by atoms with Gasteiger partial charge in [-0.1, -0.05) is 28.9 Å². The summed E-state index contributed by atoms with van der Waals surface area (Å²) in [6.07, 6.45) is 1.59. The number of nitrogens with zero attached hydrogens (tertiary/aromatic N) is 3. The number of hydrogen-bond donors (Lipinski definition) is 0. The number of aromatic nitrogens is 1. The molecule has 0 amide bonds. The van der Waals surface area contributed by atoms with Crippen molar-refractivity contribution in [2.75, 3.05) is 34.5 Å². The number of thioether (sulfide) groups is 2. The number of carbonyl (C=O) groups is 1. The third-order valence-electron chi connectivity index (χ3n) is 4.51. The minimum Gasteiger partial charge on any atom is -0.299 e. The Morgan fingerprint density at radius 2 is 1.97 bits per heavy atom. The topological polar surface area (TPSA) is 66.1 Å². The fourth-order valence-electron chi connectivity index (χ4n) is 2.84. The molecule has 2 atom stereocenters. The number of carbonyl (C=O) groups excluding carboxylic acids is 1. The second-order valence-corrected chi connectivity index (χ2v) is 10.9. The molecule has 10 heteroatoms. The lowest BCUT2D eigenvalue weighted by Crippen LogP contribution is -2.08. The number of alkyl halides is 3. The highest BCUT2D eigenvalue weighted by Gasteiger charge is 2.32. The van der Waals surface area contributed by atoms with E-state index >= 15 is 0 Å². The predicted octanol–water partition coefficient (Wildman–Crippen LogP) is 5.24. The monoisotopic (exact) mass is 475 g/mol. The van der Waals surface area contributed by atoms with E-state index in [-0.39, 0.29) is 16.6 Å². The first kappa shape index (κ1) is 25.0. The summed E-state index contributed by atoms with van der Waals surface area (Å²) in [5.74, 6) is 6.48. The van der Waals surface area contributed by atoms with Gasteiger partial charge in [0.05, 0.1) is 5.75 Å². The molecule has 3 aliphatic rings. The van der Waals surface area contributed by atoms with Crippen molar-refractivity contribution in [3.05, 3.63) is 41.7 Å². The first-order chi connectivity index (χ1) is 14.3. The van der Waals surface area contributed by atoms with Crippen LogP contribution in [-0.2, 0) is 21.7 Å². The van der Waals surface area contributed by atoms with Gasteiger partial charge in [0.25, 0.3) is 0 Å². The number of ketones is 1. The second-order valence-electron chi connectivity index (χ2n) is 6.88. The molecular weight excluding hydrogens is 451 g/mol. The van der Waals surface area contributed by atoms with Crippen LogP contribution in [0.1, 0.15) is 36.4 Å². The van der Waals surface area contributed by atoms with E-state index in [0.29, 0.717) is 5.78 Å². The Hall–Kier alpha value is -1.31. The maximum absolute atomic E-state index is 12.3. The first-order valence-corrected chi connectivity index (χ1v) is 13.3. The van der Waals surface area contributed by atoms with E-state index in [9.17, 15) is 18.0 Å². The van der Waals surface area contributed by atoms with Crippen molar-refractivity contribution in [3.63, 3.8) is 0 Å². The van der Waals surface area contributed by atoms with E-state index in [1.54, 1.807) is 18.0 Å². The molecule has 2 unspecified atom stereocenters. The molecule has 0 aromatic carbocycles. The number of Topliss-reactive ketones (excluding diaryl/α,β-unsaturated/α-hetero) is 1. The van der Waals surface area contributed by atoms with Gasteiger partial charge in [-0.05, 0) is 36.1 Å². The van der Waals surface area contributed by atoms with Gasteiger partial charge in [0.2, 0.25) is 6.19 Å². The van der Waals surface area contributed by atoms with E-state index in [4.69, 9.17) is 5.26 Å². The zero-order valence-electron chi connectivity index (χ0n) is 16.5. The summed E-state index contributed by atoms with van der Waals surface area (Å²) in [6, 6.07) is 2.48. The minimum absolute atomic E-state index is 0.167. The molecule has 0 radical (unpaired) electrons. The molecule has 3 saturated heterocycles. The van der Waals surface area contributed by atoms with Crippen LogP contribution in [0.3, 0.4) is 0 Å². The molecule has 0 spiro atoms. The van der Waals surface area contributed by atoms with Crippen molar-refractivity contribution in [2.24, 2.45) is 4.36 Å². The molecule has 0 aliphatic carbocycles. The average molecular weight is 476 g/mol. The number of halogens is 3. The van der Waals surface area contributed by atoms with Crippen LogP contribution in [0, 0.1) is 11.5 Å². The second kappa shape index (κ2) is 12.5. The van der Waals surface area contributed by atoms with E-state index in [0.717, 1.165) is 47.5 Å². The lowest BCUT2D eigenvalue weighted by molar-refractivity contribution is -0.141. The molecule has 0 bridgehead atoms. The van der Waals surface area contributed by atoms with Crippen LogP contribution >= 0.6 is 23.5 Å². The normalized spacial score (nSPS) is 23.4. The van der Waals surface area contributed by atoms with Gasteiger partial charge in [-0.25, -0.2) is 0 Å². The Morgan fingerprint density at radius 3 is 2.37 bits per heavy atom. The van der Waals surface area contributed by atoms with Crippen LogP contribution in [0.2, 0.25) is 0 Å².